The normalized spacial score (nSPS) is 19.6. The molecule has 28 heavy (non-hydrogen) atoms. The lowest BCUT2D eigenvalue weighted by Crippen LogP contribution is -2.46. The van der Waals surface area contributed by atoms with Crippen molar-refractivity contribution in [3.8, 4) is 11.4 Å². The first-order chi connectivity index (χ1) is 13.6. The summed E-state index contributed by atoms with van der Waals surface area (Å²) >= 11 is 0. The number of hydrogen-bond acceptors (Lipinski definition) is 5. The van der Waals surface area contributed by atoms with Gasteiger partial charge in [-0.3, -0.25) is 19.2 Å². The fourth-order valence-electron chi connectivity index (χ4n) is 4.32. The van der Waals surface area contributed by atoms with Gasteiger partial charge < -0.3 is 10.1 Å². The van der Waals surface area contributed by atoms with Gasteiger partial charge in [-0.2, -0.15) is 0 Å². The maximum absolute atomic E-state index is 11.9. The van der Waals surface area contributed by atoms with Crippen LogP contribution in [0, 0.1) is 5.41 Å². The Hall–Kier alpha value is -2.38. The number of benzene rings is 1. The monoisotopic (exact) mass is 384 g/mol. The quantitative estimate of drug-likeness (QED) is 0.814. The number of nitrogens with zero attached hydrogens (tertiary/aromatic N) is 2. The number of likely N-dealkylation sites (tertiary alicyclic amines) is 1. The fraction of sp³-hybridized carbons (Fsp3) is 0.524. The average molecular weight is 384 g/mol. The number of nitrogens with one attached hydrogen (secondary N) is 2. The molecule has 1 aromatic heterocycles. The lowest BCUT2D eigenvalue weighted by atomic mass is 9.71. The molecule has 3 heterocycles. The zero-order valence-corrected chi connectivity index (χ0v) is 16.2. The van der Waals surface area contributed by atoms with Gasteiger partial charge in [0, 0.05) is 18.8 Å². The van der Waals surface area contributed by atoms with Gasteiger partial charge in [-0.1, -0.05) is 0 Å². The van der Waals surface area contributed by atoms with E-state index >= 15 is 0 Å². The molecule has 2 aliphatic heterocycles. The summed E-state index contributed by atoms with van der Waals surface area (Å²) in [5, 5.41) is 3.47. The van der Waals surface area contributed by atoms with Gasteiger partial charge in [0.15, 0.2) is 0 Å². The van der Waals surface area contributed by atoms with Gasteiger partial charge >= 0.3 is 5.69 Å². The van der Waals surface area contributed by atoms with E-state index in [1.165, 1.54) is 55.6 Å². The number of hydrogen-bond donors (Lipinski definition) is 2. The number of aromatic nitrogens is 2. The van der Waals surface area contributed by atoms with Crippen molar-refractivity contribution in [1.29, 1.82) is 0 Å². The van der Waals surface area contributed by atoms with E-state index in [4.69, 9.17) is 4.74 Å². The predicted octanol–water partition coefficient (Wildman–Crippen LogP) is 1.37. The molecule has 1 spiro atoms. The van der Waals surface area contributed by atoms with Crippen LogP contribution in [-0.4, -0.2) is 53.8 Å². The van der Waals surface area contributed by atoms with Gasteiger partial charge in [0.2, 0.25) is 0 Å². The van der Waals surface area contributed by atoms with Crippen LogP contribution in [-0.2, 0) is 0 Å². The maximum Gasteiger partial charge on any atom is 0.332 e. The summed E-state index contributed by atoms with van der Waals surface area (Å²) in [6.07, 6.45) is 6.72. The van der Waals surface area contributed by atoms with Crippen LogP contribution < -0.4 is 21.3 Å². The molecule has 2 aromatic rings. The van der Waals surface area contributed by atoms with E-state index in [0.29, 0.717) is 17.7 Å². The second kappa shape index (κ2) is 8.32. The van der Waals surface area contributed by atoms with Crippen LogP contribution in [0.2, 0.25) is 0 Å². The van der Waals surface area contributed by atoms with Gasteiger partial charge in [-0.15, -0.1) is 0 Å². The molecular formula is C21H28N4O3. The minimum absolute atomic E-state index is 0.398. The molecule has 0 unspecified atom stereocenters. The highest BCUT2D eigenvalue weighted by Gasteiger charge is 2.35. The third-order valence-corrected chi connectivity index (χ3v) is 6.20. The molecule has 4 rings (SSSR count). The zero-order chi connectivity index (χ0) is 19.4. The zero-order valence-electron chi connectivity index (χ0n) is 16.2. The molecule has 7 nitrogen and oxygen atoms in total. The van der Waals surface area contributed by atoms with E-state index in [1.54, 1.807) is 0 Å². The molecule has 2 fully saturated rings. The van der Waals surface area contributed by atoms with E-state index in [1.807, 2.05) is 24.3 Å². The summed E-state index contributed by atoms with van der Waals surface area (Å²) in [7, 11) is 0. The van der Waals surface area contributed by atoms with Crippen molar-refractivity contribution < 1.29 is 4.74 Å². The third kappa shape index (κ3) is 4.36. The molecule has 7 heteroatoms. The Morgan fingerprint density at radius 2 is 1.68 bits per heavy atom. The smallest absolute Gasteiger partial charge is 0.332 e. The van der Waals surface area contributed by atoms with E-state index in [-0.39, 0.29) is 0 Å². The first kappa shape index (κ1) is 19.0. The molecule has 150 valence electrons. The third-order valence-electron chi connectivity index (χ3n) is 6.20. The average Bonchev–Trinajstić information content (AvgIpc) is 2.71. The van der Waals surface area contributed by atoms with E-state index in [0.717, 1.165) is 25.4 Å². The first-order valence-electron chi connectivity index (χ1n) is 10.1. The second-order valence-corrected chi connectivity index (χ2v) is 7.91. The van der Waals surface area contributed by atoms with Crippen molar-refractivity contribution in [3.63, 3.8) is 0 Å². The fourth-order valence-corrected chi connectivity index (χ4v) is 4.32. The number of ether oxygens (including phenoxy) is 1. The van der Waals surface area contributed by atoms with Crippen LogP contribution in [0.5, 0.6) is 5.75 Å². The van der Waals surface area contributed by atoms with Gasteiger partial charge in [-0.05, 0) is 81.5 Å². The highest BCUT2D eigenvalue weighted by atomic mass is 16.5. The van der Waals surface area contributed by atoms with Crippen molar-refractivity contribution >= 4 is 0 Å². The van der Waals surface area contributed by atoms with Crippen LogP contribution in [0.15, 0.2) is 46.1 Å². The topological polar surface area (TPSA) is 79.4 Å². The van der Waals surface area contributed by atoms with Crippen molar-refractivity contribution in [3.05, 3.63) is 57.4 Å². The van der Waals surface area contributed by atoms with Gasteiger partial charge in [0.05, 0.1) is 5.69 Å². The van der Waals surface area contributed by atoms with Crippen LogP contribution in [0.4, 0.5) is 0 Å². The SMILES string of the molecule is O=c1ccn(-c2ccc(OCCN3CCC4(CCNCC4)CC3)cc2)c(=O)[nH]1. The molecule has 2 aliphatic rings. The van der Waals surface area contributed by atoms with Gasteiger partial charge in [-0.25, -0.2) is 4.79 Å². The highest BCUT2D eigenvalue weighted by molar-refractivity contribution is 5.37. The molecule has 2 saturated heterocycles. The number of piperidine rings is 2. The highest BCUT2D eigenvalue weighted by Crippen LogP contribution is 2.39. The Balaban J connectivity index is 1.25. The molecule has 0 bridgehead atoms. The molecule has 0 aliphatic carbocycles. The standard InChI is InChI=1S/C21H28N4O3/c26-19-5-12-25(20(27)23-19)17-1-3-18(4-2-17)28-16-15-24-13-8-21(9-14-24)6-10-22-11-7-21/h1-5,12,22H,6-11,13-16H2,(H,23,26,27). The van der Waals surface area contributed by atoms with Crippen LogP contribution in [0.25, 0.3) is 5.69 Å². The summed E-state index contributed by atoms with van der Waals surface area (Å²) < 4.78 is 7.29. The second-order valence-electron chi connectivity index (χ2n) is 7.91. The lowest BCUT2D eigenvalue weighted by molar-refractivity contribution is 0.0664. The van der Waals surface area contributed by atoms with Crippen molar-refractivity contribution in [2.24, 2.45) is 5.41 Å². The van der Waals surface area contributed by atoms with E-state index in [9.17, 15) is 9.59 Å². The molecule has 2 N–H and O–H groups in total. The Morgan fingerprint density at radius 3 is 2.36 bits per heavy atom. The maximum atomic E-state index is 11.9. The minimum atomic E-state index is -0.446. The summed E-state index contributed by atoms with van der Waals surface area (Å²) in [6.45, 7) is 6.27. The number of H-pyrrole nitrogens is 1. The number of aromatic amines is 1. The minimum Gasteiger partial charge on any atom is -0.492 e. The lowest BCUT2D eigenvalue weighted by Gasteiger charge is -2.44. The summed E-state index contributed by atoms with van der Waals surface area (Å²) in [5.41, 5.74) is 0.429. The Bertz CT molecular complexity index is 887. The molecule has 0 atom stereocenters. The molecule has 1 aromatic carbocycles. The van der Waals surface area contributed by atoms with Crippen molar-refractivity contribution in [2.75, 3.05) is 39.3 Å². The van der Waals surface area contributed by atoms with E-state index in [2.05, 4.69) is 15.2 Å². The Labute approximate surface area is 164 Å². The van der Waals surface area contributed by atoms with Crippen LogP contribution >= 0.6 is 0 Å². The van der Waals surface area contributed by atoms with Crippen LogP contribution in [0.3, 0.4) is 0 Å². The van der Waals surface area contributed by atoms with Crippen LogP contribution in [0.1, 0.15) is 25.7 Å². The number of rotatable bonds is 5. The van der Waals surface area contributed by atoms with Gasteiger partial charge in [0.25, 0.3) is 5.56 Å². The largest absolute Gasteiger partial charge is 0.492 e. The summed E-state index contributed by atoms with van der Waals surface area (Å²) in [5.74, 6) is 0.785. The Kier molecular flexibility index (Phi) is 5.64. The Morgan fingerprint density at radius 1 is 0.964 bits per heavy atom. The van der Waals surface area contributed by atoms with Gasteiger partial charge in [0.1, 0.15) is 12.4 Å². The summed E-state index contributed by atoms with van der Waals surface area (Å²) in [6, 6.07) is 8.67. The molecule has 0 amide bonds. The molecular weight excluding hydrogens is 356 g/mol. The van der Waals surface area contributed by atoms with Crippen molar-refractivity contribution in [1.82, 2.24) is 19.8 Å². The van der Waals surface area contributed by atoms with Crippen molar-refractivity contribution in [2.45, 2.75) is 25.7 Å². The first-order valence-corrected chi connectivity index (χ1v) is 10.1. The van der Waals surface area contributed by atoms with E-state index < -0.39 is 11.2 Å². The predicted molar refractivity (Wildman–Crippen MR) is 108 cm³/mol. The summed E-state index contributed by atoms with van der Waals surface area (Å²) in [4.78, 5) is 27.8. The molecule has 0 saturated carbocycles. The molecule has 0 radical (unpaired) electrons.